The normalized spacial score (nSPS) is 8.70. The van der Waals surface area contributed by atoms with Crippen LogP contribution in [0.1, 0.15) is 11.1 Å². The summed E-state index contributed by atoms with van der Waals surface area (Å²) in [5.74, 6) is 12.3. The molecule has 0 aromatic heterocycles. The van der Waals surface area contributed by atoms with Gasteiger partial charge in [-0.3, -0.25) is 0 Å². The predicted molar refractivity (Wildman–Crippen MR) is 91.5 cm³/mol. The van der Waals surface area contributed by atoms with Crippen LogP contribution in [-0.4, -0.2) is 0 Å². The molecule has 0 fully saturated rings. The molecule has 20 heavy (non-hydrogen) atoms. The molecule has 0 aliphatic carbocycles. The third-order valence-corrected chi connectivity index (χ3v) is 3.19. The molecule has 0 bridgehead atoms. The van der Waals surface area contributed by atoms with Crippen LogP contribution in [-0.2, 0) is 0 Å². The second kappa shape index (κ2) is 7.75. The van der Waals surface area contributed by atoms with Gasteiger partial charge in [0.25, 0.3) is 0 Å². The minimum absolute atomic E-state index is 0.720. The van der Waals surface area contributed by atoms with Gasteiger partial charge in [-0.05, 0) is 56.1 Å². The summed E-state index contributed by atoms with van der Waals surface area (Å²) >= 11 is 6.76. The van der Waals surface area contributed by atoms with E-state index >= 15 is 0 Å². The van der Waals surface area contributed by atoms with Crippen LogP contribution in [0.3, 0.4) is 0 Å². The van der Waals surface area contributed by atoms with Crippen LogP contribution < -0.4 is 0 Å². The van der Waals surface area contributed by atoms with Gasteiger partial charge in [-0.2, -0.15) is 0 Å². The highest BCUT2D eigenvalue weighted by Gasteiger charge is 1.94. The smallest absolute Gasteiger partial charge is 0.0622 e. The Morgan fingerprint density at radius 2 is 1.05 bits per heavy atom. The summed E-state index contributed by atoms with van der Waals surface area (Å²) in [6.07, 6.45) is 0. The van der Waals surface area contributed by atoms with Gasteiger partial charge in [-0.25, -0.2) is 0 Å². The van der Waals surface area contributed by atoms with Gasteiger partial charge < -0.3 is 0 Å². The molecule has 0 radical (unpaired) electrons. The van der Waals surface area contributed by atoms with E-state index in [-0.39, 0.29) is 0 Å². The highest BCUT2D eigenvalue weighted by atomic mass is 79.9. The van der Waals surface area contributed by atoms with Crippen molar-refractivity contribution in [3.05, 3.63) is 80.8 Å². The van der Waals surface area contributed by atoms with E-state index < -0.39 is 0 Å². The van der Waals surface area contributed by atoms with E-state index in [4.69, 9.17) is 0 Å². The minimum Gasteiger partial charge on any atom is -0.0622 e. The molecule has 0 aliphatic rings. The molecule has 0 saturated carbocycles. The van der Waals surface area contributed by atoms with Gasteiger partial charge in [-0.1, -0.05) is 60.1 Å². The topological polar surface area (TPSA) is 0 Å². The van der Waals surface area contributed by atoms with Gasteiger partial charge in [-0.15, -0.1) is 0 Å². The van der Waals surface area contributed by atoms with Crippen molar-refractivity contribution in [2.75, 3.05) is 0 Å². The van der Waals surface area contributed by atoms with Gasteiger partial charge in [0.1, 0.15) is 0 Å². The molecule has 2 heteroatoms. The summed E-state index contributed by atoms with van der Waals surface area (Å²) in [7, 11) is 0. The van der Waals surface area contributed by atoms with Gasteiger partial charge >= 0.3 is 0 Å². The fraction of sp³-hybridized carbons (Fsp3) is 0. The lowest BCUT2D eigenvalue weighted by atomic mass is 10.2. The van der Waals surface area contributed by atoms with Crippen molar-refractivity contribution in [3.8, 4) is 23.7 Å². The maximum Gasteiger partial charge on any atom is 0.0963 e. The van der Waals surface area contributed by atoms with E-state index in [1.54, 1.807) is 0 Å². The fourth-order valence-corrected chi connectivity index (χ4v) is 1.83. The molecule has 2 aromatic carbocycles. The second-order valence-corrected chi connectivity index (χ2v) is 6.52. The summed E-state index contributed by atoms with van der Waals surface area (Å²) in [4.78, 5) is 0. The standard InChI is InChI=1S/C18H10Br2/c19-18(20)17(13-11-15-7-3-1-4-8-15)14-12-16-9-5-2-6-10-16/h1-10H. The third kappa shape index (κ3) is 4.74. The Labute approximate surface area is 136 Å². The Balaban J connectivity index is 2.26. The predicted octanol–water partition coefficient (Wildman–Crippen LogP) is 5.09. The molecule has 0 spiro atoms. The largest absolute Gasteiger partial charge is 0.0963 e. The van der Waals surface area contributed by atoms with Crippen LogP contribution in [0.25, 0.3) is 0 Å². The SMILES string of the molecule is BrC(Br)=C(C#Cc1ccccc1)C#Cc1ccccc1. The van der Waals surface area contributed by atoms with E-state index in [1.165, 1.54) is 0 Å². The number of allylic oxidation sites excluding steroid dienone is 1. The zero-order chi connectivity index (χ0) is 14.2. The average molecular weight is 386 g/mol. The zero-order valence-corrected chi connectivity index (χ0v) is 13.7. The van der Waals surface area contributed by atoms with Crippen molar-refractivity contribution in [3.63, 3.8) is 0 Å². The van der Waals surface area contributed by atoms with Gasteiger partial charge in [0.2, 0.25) is 0 Å². The fourth-order valence-electron chi connectivity index (χ4n) is 1.44. The van der Waals surface area contributed by atoms with E-state index in [0.29, 0.717) is 0 Å². The molecular formula is C18H10Br2. The van der Waals surface area contributed by atoms with Crippen LogP contribution in [0, 0.1) is 23.7 Å². The molecule has 0 heterocycles. The maximum atomic E-state index is 3.38. The molecule has 96 valence electrons. The highest BCUT2D eigenvalue weighted by Crippen LogP contribution is 2.18. The number of halogens is 2. The summed E-state index contributed by atoms with van der Waals surface area (Å²) < 4.78 is 0.761. The first-order valence-corrected chi connectivity index (χ1v) is 7.54. The molecule has 0 saturated heterocycles. The molecular weight excluding hydrogens is 376 g/mol. The van der Waals surface area contributed by atoms with Crippen molar-refractivity contribution in [2.45, 2.75) is 0 Å². The molecule has 0 aliphatic heterocycles. The lowest BCUT2D eigenvalue weighted by molar-refractivity contribution is 1.64. The van der Waals surface area contributed by atoms with Gasteiger partial charge in [0.15, 0.2) is 0 Å². The Kier molecular flexibility index (Phi) is 5.69. The first-order chi connectivity index (χ1) is 9.75. The quantitative estimate of drug-likeness (QED) is 0.554. The highest BCUT2D eigenvalue weighted by molar-refractivity contribution is 9.28. The van der Waals surface area contributed by atoms with Crippen molar-refractivity contribution >= 4 is 31.9 Å². The van der Waals surface area contributed by atoms with Gasteiger partial charge in [0, 0.05) is 11.1 Å². The molecule has 0 unspecified atom stereocenters. The zero-order valence-electron chi connectivity index (χ0n) is 10.5. The van der Waals surface area contributed by atoms with Crippen LogP contribution in [0.5, 0.6) is 0 Å². The van der Waals surface area contributed by atoms with Crippen molar-refractivity contribution in [1.82, 2.24) is 0 Å². The van der Waals surface area contributed by atoms with E-state index in [0.717, 1.165) is 20.1 Å². The molecule has 0 N–H and O–H groups in total. The van der Waals surface area contributed by atoms with Crippen LogP contribution >= 0.6 is 31.9 Å². The number of rotatable bonds is 0. The maximum absolute atomic E-state index is 3.38. The van der Waals surface area contributed by atoms with Crippen molar-refractivity contribution in [2.24, 2.45) is 0 Å². The van der Waals surface area contributed by atoms with Crippen molar-refractivity contribution in [1.29, 1.82) is 0 Å². The van der Waals surface area contributed by atoms with E-state index in [1.807, 2.05) is 60.7 Å². The van der Waals surface area contributed by atoms with Crippen LogP contribution in [0.2, 0.25) is 0 Å². The first kappa shape index (κ1) is 14.7. The Morgan fingerprint density at radius 3 is 1.40 bits per heavy atom. The Bertz CT molecular complexity index is 657. The monoisotopic (exact) mass is 384 g/mol. The first-order valence-electron chi connectivity index (χ1n) is 5.95. The molecule has 2 aromatic rings. The van der Waals surface area contributed by atoms with E-state index in [9.17, 15) is 0 Å². The summed E-state index contributed by atoms with van der Waals surface area (Å²) in [5, 5.41) is 0. The third-order valence-electron chi connectivity index (χ3n) is 2.40. The second-order valence-electron chi connectivity index (χ2n) is 3.87. The lowest BCUT2D eigenvalue weighted by Crippen LogP contribution is -1.78. The Morgan fingerprint density at radius 1 is 0.650 bits per heavy atom. The van der Waals surface area contributed by atoms with Crippen molar-refractivity contribution < 1.29 is 0 Å². The summed E-state index contributed by atoms with van der Waals surface area (Å²) in [6.45, 7) is 0. The molecule has 2 rings (SSSR count). The average Bonchev–Trinajstić information content (AvgIpc) is 2.49. The van der Waals surface area contributed by atoms with Gasteiger partial charge in [0.05, 0.1) is 8.96 Å². The summed E-state index contributed by atoms with van der Waals surface area (Å²) in [5.41, 5.74) is 2.65. The summed E-state index contributed by atoms with van der Waals surface area (Å²) in [6, 6.07) is 19.7. The van der Waals surface area contributed by atoms with E-state index in [2.05, 4.69) is 55.5 Å². The lowest BCUT2D eigenvalue weighted by Gasteiger charge is -1.90. The minimum atomic E-state index is 0.720. The Hall–Kier alpha value is -1.74. The van der Waals surface area contributed by atoms with Crippen LogP contribution in [0.15, 0.2) is 69.6 Å². The number of hydrogen-bond donors (Lipinski definition) is 0. The molecule has 0 atom stereocenters. The molecule has 0 amide bonds. The molecule has 0 nitrogen and oxygen atoms in total. The van der Waals surface area contributed by atoms with Crippen LogP contribution in [0.4, 0.5) is 0 Å². The number of hydrogen-bond acceptors (Lipinski definition) is 0. The number of benzene rings is 2.